The minimum absolute atomic E-state index is 0.0207. The van der Waals surface area contributed by atoms with Crippen molar-refractivity contribution in [3.05, 3.63) is 60.1 Å². The lowest BCUT2D eigenvalue weighted by Gasteiger charge is -2.27. The topological polar surface area (TPSA) is 109 Å². The van der Waals surface area contributed by atoms with Crippen LogP contribution in [0, 0.1) is 0 Å². The summed E-state index contributed by atoms with van der Waals surface area (Å²) in [6.07, 6.45) is 1.80. The number of carbonyl (C=O) groups excluding carboxylic acids is 2. The molecule has 1 aromatic heterocycles. The van der Waals surface area contributed by atoms with Crippen molar-refractivity contribution < 1.29 is 28.6 Å². The quantitative estimate of drug-likeness (QED) is 0.552. The predicted octanol–water partition coefficient (Wildman–Crippen LogP) is 1.85. The molecule has 2 rings (SSSR count). The lowest BCUT2D eigenvalue weighted by atomic mass is 10.0. The van der Waals surface area contributed by atoms with Gasteiger partial charge in [0, 0.05) is 0 Å². The van der Waals surface area contributed by atoms with Crippen molar-refractivity contribution in [2.75, 3.05) is 13.2 Å². The number of carbonyl (C=O) groups is 3. The maximum absolute atomic E-state index is 12.9. The number of hydrogen-bond acceptors (Lipinski definition) is 6. The Hall–Kier alpha value is -3.13. The normalized spacial score (nSPS) is 12.8. The molecule has 0 fully saturated rings. The fourth-order valence-electron chi connectivity index (χ4n) is 2.92. The number of esters is 1. The summed E-state index contributed by atoms with van der Waals surface area (Å²) in [4.78, 5) is 37.6. The molecule has 0 aliphatic carbocycles. The molecule has 0 saturated carbocycles. The average Bonchev–Trinajstić information content (AvgIpc) is 3.20. The highest BCUT2D eigenvalue weighted by Crippen LogP contribution is 2.10. The van der Waals surface area contributed by atoms with Gasteiger partial charge in [-0.05, 0) is 38.0 Å². The molecule has 0 aliphatic heterocycles. The van der Waals surface area contributed by atoms with Gasteiger partial charge in [0.2, 0.25) is 5.91 Å². The summed E-state index contributed by atoms with van der Waals surface area (Å²) < 4.78 is 10.4. The SMILES string of the molecule is CCOC(=O)C(Cc1ccccc1)NC(C)C(=O)N(CC(=O)O)Cc1ccco1. The molecule has 2 atom stereocenters. The van der Waals surface area contributed by atoms with Gasteiger partial charge in [-0.2, -0.15) is 0 Å². The number of hydrogen-bond donors (Lipinski definition) is 2. The van der Waals surface area contributed by atoms with E-state index in [9.17, 15) is 14.4 Å². The van der Waals surface area contributed by atoms with E-state index in [1.165, 1.54) is 11.2 Å². The van der Waals surface area contributed by atoms with E-state index in [0.29, 0.717) is 12.2 Å². The highest BCUT2D eigenvalue weighted by molar-refractivity contribution is 5.86. The van der Waals surface area contributed by atoms with Gasteiger partial charge in [0.15, 0.2) is 0 Å². The Balaban J connectivity index is 2.11. The Bertz CT molecular complexity index is 791. The molecule has 0 aliphatic rings. The maximum atomic E-state index is 12.9. The van der Waals surface area contributed by atoms with Crippen molar-refractivity contribution in [3.8, 4) is 0 Å². The monoisotopic (exact) mass is 402 g/mol. The standard InChI is InChI=1S/C21H26N2O6/c1-3-28-21(27)18(12-16-8-5-4-6-9-16)22-15(2)20(26)23(14-19(24)25)13-17-10-7-11-29-17/h4-11,15,18,22H,3,12-14H2,1-2H3,(H,24,25). The van der Waals surface area contributed by atoms with Gasteiger partial charge in [0.1, 0.15) is 18.3 Å². The van der Waals surface area contributed by atoms with Gasteiger partial charge in [-0.25, -0.2) is 0 Å². The summed E-state index contributed by atoms with van der Waals surface area (Å²) in [5, 5.41) is 12.2. The lowest BCUT2D eigenvalue weighted by molar-refractivity contribution is -0.148. The summed E-state index contributed by atoms with van der Waals surface area (Å²) in [5.41, 5.74) is 0.913. The average molecular weight is 402 g/mol. The van der Waals surface area contributed by atoms with Gasteiger partial charge in [-0.3, -0.25) is 19.7 Å². The van der Waals surface area contributed by atoms with Crippen molar-refractivity contribution in [2.45, 2.75) is 38.9 Å². The van der Waals surface area contributed by atoms with Crippen LogP contribution in [0.1, 0.15) is 25.2 Å². The second-order valence-corrected chi connectivity index (χ2v) is 6.55. The summed E-state index contributed by atoms with van der Waals surface area (Å²) in [7, 11) is 0. The number of nitrogens with one attached hydrogen (secondary N) is 1. The third kappa shape index (κ3) is 7.08. The molecule has 1 aromatic carbocycles. The number of amides is 1. The van der Waals surface area contributed by atoms with E-state index in [-0.39, 0.29) is 13.2 Å². The molecule has 2 aromatic rings. The van der Waals surface area contributed by atoms with Gasteiger partial charge in [-0.1, -0.05) is 30.3 Å². The van der Waals surface area contributed by atoms with Crippen molar-refractivity contribution in [3.63, 3.8) is 0 Å². The van der Waals surface area contributed by atoms with Crippen LogP contribution in [0.5, 0.6) is 0 Å². The summed E-state index contributed by atoms with van der Waals surface area (Å²) in [6.45, 7) is 3.07. The van der Waals surface area contributed by atoms with Gasteiger partial charge >= 0.3 is 11.9 Å². The Morgan fingerprint density at radius 3 is 2.48 bits per heavy atom. The molecule has 1 amide bonds. The second kappa shape index (κ2) is 11.0. The zero-order valence-electron chi connectivity index (χ0n) is 16.5. The molecule has 0 radical (unpaired) electrons. The molecular formula is C21H26N2O6. The highest BCUT2D eigenvalue weighted by atomic mass is 16.5. The minimum atomic E-state index is -1.14. The number of carboxylic acids is 1. The van der Waals surface area contributed by atoms with Crippen LogP contribution in [0.15, 0.2) is 53.1 Å². The second-order valence-electron chi connectivity index (χ2n) is 6.55. The third-order valence-corrected chi connectivity index (χ3v) is 4.24. The first-order chi connectivity index (χ1) is 13.9. The Morgan fingerprint density at radius 2 is 1.90 bits per heavy atom. The fourth-order valence-corrected chi connectivity index (χ4v) is 2.92. The first kappa shape index (κ1) is 22.2. The number of nitrogens with zero attached hydrogens (tertiary/aromatic N) is 1. The fraction of sp³-hybridized carbons (Fsp3) is 0.381. The van der Waals surface area contributed by atoms with Crippen molar-refractivity contribution >= 4 is 17.8 Å². The van der Waals surface area contributed by atoms with Crippen LogP contribution in [-0.4, -0.2) is 53.1 Å². The van der Waals surface area contributed by atoms with E-state index in [1.54, 1.807) is 26.0 Å². The van der Waals surface area contributed by atoms with E-state index in [1.807, 2.05) is 30.3 Å². The van der Waals surface area contributed by atoms with Crippen LogP contribution < -0.4 is 5.32 Å². The van der Waals surface area contributed by atoms with Gasteiger partial charge < -0.3 is 19.2 Å². The van der Waals surface area contributed by atoms with Gasteiger partial charge in [0.05, 0.1) is 25.5 Å². The summed E-state index contributed by atoms with van der Waals surface area (Å²) in [5.74, 6) is -1.58. The molecule has 0 bridgehead atoms. The molecule has 156 valence electrons. The van der Waals surface area contributed by atoms with Crippen LogP contribution in [-0.2, 0) is 32.1 Å². The highest BCUT2D eigenvalue weighted by Gasteiger charge is 2.29. The first-order valence-electron chi connectivity index (χ1n) is 9.40. The molecule has 2 N–H and O–H groups in total. The van der Waals surface area contributed by atoms with Crippen LogP contribution in [0.2, 0.25) is 0 Å². The molecular weight excluding hydrogens is 376 g/mol. The molecule has 0 spiro atoms. The zero-order chi connectivity index (χ0) is 21.2. The molecule has 2 unspecified atom stereocenters. The first-order valence-corrected chi connectivity index (χ1v) is 9.40. The number of rotatable bonds is 11. The Labute approximate surface area is 169 Å². The van der Waals surface area contributed by atoms with Crippen LogP contribution in [0.25, 0.3) is 0 Å². The molecule has 29 heavy (non-hydrogen) atoms. The Morgan fingerprint density at radius 1 is 1.17 bits per heavy atom. The maximum Gasteiger partial charge on any atom is 0.323 e. The van der Waals surface area contributed by atoms with Crippen LogP contribution >= 0.6 is 0 Å². The van der Waals surface area contributed by atoms with E-state index >= 15 is 0 Å². The predicted molar refractivity (Wildman–Crippen MR) is 105 cm³/mol. The summed E-state index contributed by atoms with van der Waals surface area (Å²) >= 11 is 0. The van der Waals surface area contributed by atoms with E-state index in [4.69, 9.17) is 14.3 Å². The molecule has 8 nitrogen and oxygen atoms in total. The van der Waals surface area contributed by atoms with Crippen molar-refractivity contribution in [1.82, 2.24) is 10.2 Å². The number of benzene rings is 1. The van der Waals surface area contributed by atoms with E-state index < -0.39 is 36.5 Å². The van der Waals surface area contributed by atoms with Crippen LogP contribution in [0.3, 0.4) is 0 Å². The summed E-state index contributed by atoms with van der Waals surface area (Å²) in [6, 6.07) is 11.2. The molecule has 0 saturated heterocycles. The van der Waals surface area contributed by atoms with E-state index in [0.717, 1.165) is 5.56 Å². The Kier molecular flexibility index (Phi) is 8.42. The van der Waals surface area contributed by atoms with Gasteiger partial charge in [-0.15, -0.1) is 0 Å². The third-order valence-electron chi connectivity index (χ3n) is 4.24. The largest absolute Gasteiger partial charge is 0.480 e. The number of ether oxygens (including phenoxy) is 1. The zero-order valence-corrected chi connectivity index (χ0v) is 16.5. The number of aliphatic carboxylic acids is 1. The van der Waals surface area contributed by atoms with Crippen molar-refractivity contribution in [2.24, 2.45) is 0 Å². The smallest absolute Gasteiger partial charge is 0.323 e. The molecule has 8 heteroatoms. The minimum Gasteiger partial charge on any atom is -0.480 e. The number of furan rings is 1. The van der Waals surface area contributed by atoms with Crippen molar-refractivity contribution in [1.29, 1.82) is 0 Å². The van der Waals surface area contributed by atoms with E-state index in [2.05, 4.69) is 5.32 Å². The molecule has 1 heterocycles. The van der Waals surface area contributed by atoms with Crippen LogP contribution in [0.4, 0.5) is 0 Å². The lowest BCUT2D eigenvalue weighted by Crippen LogP contribution is -2.52. The number of carboxylic acid groups (broad SMARTS) is 1. The van der Waals surface area contributed by atoms with Gasteiger partial charge in [0.25, 0.3) is 0 Å².